The van der Waals surface area contributed by atoms with Gasteiger partial charge in [-0.2, -0.15) is 8.42 Å². The third-order valence-corrected chi connectivity index (χ3v) is 6.82. The van der Waals surface area contributed by atoms with E-state index >= 15 is 0 Å². The molecule has 2 aromatic rings. The van der Waals surface area contributed by atoms with E-state index in [9.17, 15) is 17.6 Å². The van der Waals surface area contributed by atoms with Crippen LogP contribution >= 0.6 is 23.2 Å². The lowest BCUT2D eigenvalue weighted by atomic mass is 9.72. The van der Waals surface area contributed by atoms with Crippen LogP contribution in [0.25, 0.3) is 0 Å². The van der Waals surface area contributed by atoms with Gasteiger partial charge in [0.15, 0.2) is 0 Å². The van der Waals surface area contributed by atoms with E-state index in [0.717, 1.165) is 18.2 Å². The summed E-state index contributed by atoms with van der Waals surface area (Å²) in [7, 11) is -3.59. The second kappa shape index (κ2) is 9.86. The highest BCUT2D eigenvalue weighted by atomic mass is 35.5. The summed E-state index contributed by atoms with van der Waals surface area (Å²) in [6.07, 6.45) is 2.71. The fraction of sp³-hybridized carbons (Fsp3) is 0.409. The molecule has 31 heavy (non-hydrogen) atoms. The van der Waals surface area contributed by atoms with Crippen molar-refractivity contribution in [3.8, 4) is 0 Å². The smallest absolute Gasteiger partial charge is 0.264 e. The minimum absolute atomic E-state index is 0.00742. The first kappa shape index (κ1) is 24.0. The number of carbonyl (C=O) groups excluding carboxylic acids is 1. The third-order valence-electron chi connectivity index (χ3n) is 5.63. The van der Waals surface area contributed by atoms with Crippen molar-refractivity contribution >= 4 is 39.2 Å². The molecule has 1 fully saturated rings. The molecular weight excluding hydrogens is 464 g/mol. The lowest BCUT2D eigenvalue weighted by Gasteiger charge is -2.43. The fourth-order valence-corrected chi connectivity index (χ4v) is 4.91. The number of nitrogens with zero attached hydrogens (tertiary/aromatic N) is 1. The molecule has 1 aliphatic heterocycles. The first-order valence-electron chi connectivity index (χ1n) is 9.91. The van der Waals surface area contributed by atoms with Crippen molar-refractivity contribution in [3.05, 3.63) is 69.5 Å². The number of carbonyl (C=O) groups is 1. The number of hydrogen-bond acceptors (Lipinski definition) is 4. The Bertz CT molecular complexity index is 1040. The Balaban J connectivity index is 1.85. The molecule has 0 bridgehead atoms. The molecular formula is C22H24Cl2FNO4S. The van der Waals surface area contributed by atoms with Gasteiger partial charge in [0.05, 0.1) is 19.3 Å². The quantitative estimate of drug-likeness (QED) is 0.535. The normalized spacial score (nSPS) is 19.4. The highest BCUT2D eigenvalue weighted by Gasteiger charge is 2.39. The van der Waals surface area contributed by atoms with Gasteiger partial charge in [-0.1, -0.05) is 41.4 Å². The van der Waals surface area contributed by atoms with Gasteiger partial charge < -0.3 is 4.90 Å². The topological polar surface area (TPSA) is 63.7 Å². The first-order valence-corrected chi connectivity index (χ1v) is 12.5. The third kappa shape index (κ3) is 6.19. The molecule has 5 nitrogen and oxygen atoms in total. The van der Waals surface area contributed by atoms with Crippen LogP contribution in [-0.4, -0.2) is 45.2 Å². The minimum Gasteiger partial charge on any atom is -0.342 e. The predicted molar refractivity (Wildman–Crippen MR) is 119 cm³/mol. The molecule has 0 radical (unpaired) electrons. The number of rotatable bonds is 7. The lowest BCUT2D eigenvalue weighted by molar-refractivity contribution is -0.133. The zero-order valence-electron chi connectivity index (χ0n) is 17.1. The maximum absolute atomic E-state index is 14.2. The summed E-state index contributed by atoms with van der Waals surface area (Å²) in [6.45, 7) is 0.873. The summed E-state index contributed by atoms with van der Waals surface area (Å²) < 4.78 is 42.1. The molecule has 0 aliphatic carbocycles. The number of halogens is 3. The Morgan fingerprint density at radius 3 is 2.65 bits per heavy atom. The van der Waals surface area contributed by atoms with E-state index in [4.69, 9.17) is 27.4 Å². The monoisotopic (exact) mass is 487 g/mol. The van der Waals surface area contributed by atoms with Crippen LogP contribution in [0, 0.1) is 5.82 Å². The molecule has 0 N–H and O–H groups in total. The Morgan fingerprint density at radius 1 is 1.23 bits per heavy atom. The van der Waals surface area contributed by atoms with E-state index in [0.29, 0.717) is 31.0 Å². The van der Waals surface area contributed by atoms with E-state index in [1.165, 1.54) is 12.1 Å². The number of piperidine rings is 1. The number of hydrogen-bond donors (Lipinski definition) is 0. The van der Waals surface area contributed by atoms with Gasteiger partial charge in [0.25, 0.3) is 10.1 Å². The maximum Gasteiger partial charge on any atom is 0.264 e. The van der Waals surface area contributed by atoms with Gasteiger partial charge in [-0.15, -0.1) is 0 Å². The standard InChI is InChI=1S/C22H24Cl2FNO4S/c1-31(28,29)30-12-10-22(16-5-2-6-17(23)13-16)9-4-11-26(15-22)21(27)14-18-19(24)7-3-8-20(18)25/h2-3,5-8,13H,4,9-12,14-15H2,1H3/t22-/m1/s1. The largest absolute Gasteiger partial charge is 0.342 e. The summed E-state index contributed by atoms with van der Waals surface area (Å²) in [5, 5.41) is 0.774. The molecule has 1 heterocycles. The minimum atomic E-state index is -3.59. The van der Waals surface area contributed by atoms with Crippen molar-refractivity contribution in [2.45, 2.75) is 31.1 Å². The number of amides is 1. The average Bonchev–Trinajstić information content (AvgIpc) is 2.70. The summed E-state index contributed by atoms with van der Waals surface area (Å²) >= 11 is 12.3. The molecule has 1 atom stereocenters. The molecule has 168 valence electrons. The van der Waals surface area contributed by atoms with Crippen molar-refractivity contribution in [1.82, 2.24) is 4.90 Å². The summed E-state index contributed by atoms with van der Waals surface area (Å²) in [4.78, 5) is 14.7. The maximum atomic E-state index is 14.2. The average molecular weight is 488 g/mol. The molecule has 0 aromatic heterocycles. The predicted octanol–water partition coefficient (Wildman–Crippen LogP) is 4.60. The van der Waals surface area contributed by atoms with Gasteiger partial charge >= 0.3 is 0 Å². The van der Waals surface area contributed by atoms with Crippen LogP contribution in [0.2, 0.25) is 10.0 Å². The zero-order valence-corrected chi connectivity index (χ0v) is 19.4. The Kier molecular flexibility index (Phi) is 7.63. The fourth-order valence-electron chi connectivity index (χ4n) is 4.10. The molecule has 0 unspecified atom stereocenters. The molecule has 0 saturated carbocycles. The van der Waals surface area contributed by atoms with Gasteiger partial charge in [0, 0.05) is 34.1 Å². The van der Waals surface area contributed by atoms with Gasteiger partial charge in [-0.25, -0.2) is 4.39 Å². The van der Waals surface area contributed by atoms with Gasteiger partial charge in [-0.05, 0) is 49.1 Å². The van der Waals surface area contributed by atoms with E-state index in [-0.39, 0.29) is 29.5 Å². The molecule has 9 heteroatoms. The Hall–Kier alpha value is -1.67. The second-order valence-corrected chi connectivity index (χ2v) is 10.4. The highest BCUT2D eigenvalue weighted by Crippen LogP contribution is 2.39. The van der Waals surface area contributed by atoms with Crippen LogP contribution in [0.3, 0.4) is 0 Å². The number of likely N-dealkylation sites (tertiary alicyclic amines) is 1. The van der Waals surface area contributed by atoms with Crippen molar-refractivity contribution < 1.29 is 21.8 Å². The van der Waals surface area contributed by atoms with Crippen LogP contribution in [0.1, 0.15) is 30.4 Å². The molecule has 3 rings (SSSR count). The van der Waals surface area contributed by atoms with Crippen molar-refractivity contribution in [1.29, 1.82) is 0 Å². The van der Waals surface area contributed by atoms with Crippen LogP contribution < -0.4 is 0 Å². The van der Waals surface area contributed by atoms with Crippen molar-refractivity contribution in [2.75, 3.05) is 26.0 Å². The molecule has 0 spiro atoms. The van der Waals surface area contributed by atoms with Gasteiger partial charge in [-0.3, -0.25) is 8.98 Å². The van der Waals surface area contributed by atoms with Crippen LogP contribution in [0.5, 0.6) is 0 Å². The second-order valence-electron chi connectivity index (χ2n) is 7.86. The molecule has 1 amide bonds. The van der Waals surface area contributed by atoms with Crippen molar-refractivity contribution in [3.63, 3.8) is 0 Å². The number of benzene rings is 2. The molecule has 1 aliphatic rings. The van der Waals surface area contributed by atoms with Crippen LogP contribution in [0.15, 0.2) is 42.5 Å². The zero-order chi connectivity index (χ0) is 22.6. The van der Waals surface area contributed by atoms with Crippen molar-refractivity contribution in [2.24, 2.45) is 0 Å². The van der Waals surface area contributed by atoms with E-state index < -0.39 is 21.4 Å². The van der Waals surface area contributed by atoms with E-state index in [2.05, 4.69) is 0 Å². The molecule has 2 aromatic carbocycles. The van der Waals surface area contributed by atoms with Crippen LogP contribution in [0.4, 0.5) is 4.39 Å². The molecule has 1 saturated heterocycles. The SMILES string of the molecule is CS(=O)(=O)OCC[C@]1(c2cccc(Cl)c2)CCCN(C(=O)Cc2c(F)cccc2Cl)C1. The van der Waals surface area contributed by atoms with E-state index in [1.807, 2.05) is 18.2 Å². The lowest BCUT2D eigenvalue weighted by Crippen LogP contribution is -2.49. The highest BCUT2D eigenvalue weighted by molar-refractivity contribution is 7.85. The van der Waals surface area contributed by atoms with Gasteiger partial charge in [0.1, 0.15) is 5.82 Å². The summed E-state index contributed by atoms with van der Waals surface area (Å²) in [6, 6.07) is 11.7. The Morgan fingerprint density at radius 2 is 1.97 bits per heavy atom. The Labute approximate surface area is 192 Å². The summed E-state index contributed by atoms with van der Waals surface area (Å²) in [5.41, 5.74) is 0.565. The first-order chi connectivity index (χ1) is 14.6. The summed E-state index contributed by atoms with van der Waals surface area (Å²) in [5.74, 6) is -0.748. The van der Waals surface area contributed by atoms with E-state index in [1.54, 1.807) is 17.0 Å². The van der Waals surface area contributed by atoms with Gasteiger partial charge in [0.2, 0.25) is 5.91 Å². The van der Waals surface area contributed by atoms with Crippen LogP contribution in [-0.2, 0) is 30.9 Å².